The van der Waals surface area contributed by atoms with Crippen molar-refractivity contribution in [2.45, 2.75) is 26.7 Å². The Morgan fingerprint density at radius 3 is 3.00 bits per heavy atom. The van der Waals surface area contributed by atoms with Gasteiger partial charge in [-0.2, -0.15) is 0 Å². The minimum absolute atomic E-state index is 0.0111. The normalized spacial score (nSPS) is 19.0. The molecular weight excluding hydrogens is 310 g/mol. The lowest BCUT2D eigenvalue weighted by atomic mass is 9.78. The number of fused-ring (bicyclic) bond motifs is 2. The number of ketones is 1. The summed E-state index contributed by atoms with van der Waals surface area (Å²) in [7, 11) is 0. The number of Topliss-reactive ketones (excluding diaryl/α,β-unsaturated/α-hetero) is 1. The number of nitrogens with two attached hydrogens (primary N) is 1. The average molecular weight is 329 g/mol. The van der Waals surface area contributed by atoms with Gasteiger partial charge in [-0.1, -0.05) is 25.2 Å². The smallest absolute Gasteiger partial charge is 0.190 e. The van der Waals surface area contributed by atoms with Crippen LogP contribution < -0.4 is 15.4 Å². The van der Waals surface area contributed by atoms with Crippen LogP contribution in [-0.4, -0.2) is 23.9 Å². The van der Waals surface area contributed by atoms with E-state index in [1.54, 1.807) is 0 Å². The van der Waals surface area contributed by atoms with E-state index < -0.39 is 0 Å². The van der Waals surface area contributed by atoms with Gasteiger partial charge in [0.05, 0.1) is 22.8 Å². The summed E-state index contributed by atoms with van der Waals surface area (Å²) in [6.07, 6.45) is 1.44. The fourth-order valence-corrected chi connectivity index (χ4v) is 4.32. The van der Waals surface area contributed by atoms with E-state index >= 15 is 0 Å². The van der Waals surface area contributed by atoms with Crippen LogP contribution in [0.4, 0.5) is 16.5 Å². The second-order valence-corrected chi connectivity index (χ2v) is 7.92. The number of nitrogen functional groups attached to an aromatic ring is 1. The molecule has 120 valence electrons. The molecule has 2 aliphatic rings. The van der Waals surface area contributed by atoms with Crippen LogP contribution in [0.1, 0.15) is 35.6 Å². The van der Waals surface area contributed by atoms with E-state index in [1.807, 2.05) is 18.2 Å². The van der Waals surface area contributed by atoms with Crippen LogP contribution in [0.2, 0.25) is 0 Å². The number of hydrogen-bond donors (Lipinski definition) is 1. The zero-order valence-corrected chi connectivity index (χ0v) is 14.1. The third kappa shape index (κ3) is 2.47. The summed E-state index contributed by atoms with van der Waals surface area (Å²) in [5.41, 5.74) is 8.46. The molecule has 5 nitrogen and oxygen atoms in total. The molecule has 0 unspecified atom stereocenters. The van der Waals surface area contributed by atoms with Crippen LogP contribution in [0, 0.1) is 5.41 Å². The lowest BCUT2D eigenvalue weighted by Crippen LogP contribution is -2.28. The van der Waals surface area contributed by atoms with Gasteiger partial charge in [0.15, 0.2) is 10.9 Å². The van der Waals surface area contributed by atoms with Crippen molar-refractivity contribution in [1.29, 1.82) is 0 Å². The number of carbonyl (C=O) groups is 1. The average Bonchev–Trinajstić information content (AvgIpc) is 2.89. The monoisotopic (exact) mass is 329 g/mol. The first kappa shape index (κ1) is 14.5. The van der Waals surface area contributed by atoms with Crippen molar-refractivity contribution in [1.82, 2.24) is 4.98 Å². The van der Waals surface area contributed by atoms with Crippen molar-refractivity contribution >= 4 is 33.6 Å². The number of benzene rings is 1. The topological polar surface area (TPSA) is 68.5 Å². The van der Waals surface area contributed by atoms with Gasteiger partial charge in [0.25, 0.3) is 0 Å². The van der Waals surface area contributed by atoms with Crippen molar-refractivity contribution in [2.75, 3.05) is 23.8 Å². The van der Waals surface area contributed by atoms with E-state index in [0.29, 0.717) is 25.3 Å². The summed E-state index contributed by atoms with van der Waals surface area (Å²) in [6.45, 7) is 5.55. The number of rotatable bonds is 1. The highest BCUT2D eigenvalue weighted by Gasteiger charge is 2.35. The molecule has 1 aromatic carbocycles. The number of ether oxygens (including phenoxy) is 1. The first-order valence-electron chi connectivity index (χ1n) is 7.76. The molecule has 1 aliphatic heterocycles. The molecule has 2 N–H and O–H groups in total. The molecule has 1 aromatic heterocycles. The number of nitrogens with zero attached hydrogens (tertiary/aromatic N) is 2. The van der Waals surface area contributed by atoms with Gasteiger partial charge >= 0.3 is 0 Å². The summed E-state index contributed by atoms with van der Waals surface area (Å²) in [4.78, 5) is 20.1. The van der Waals surface area contributed by atoms with Gasteiger partial charge < -0.3 is 15.4 Å². The van der Waals surface area contributed by atoms with E-state index in [4.69, 9.17) is 15.5 Å². The van der Waals surface area contributed by atoms with E-state index in [-0.39, 0.29) is 11.2 Å². The van der Waals surface area contributed by atoms with Gasteiger partial charge in [0, 0.05) is 12.1 Å². The lowest BCUT2D eigenvalue weighted by Gasteiger charge is -2.29. The van der Waals surface area contributed by atoms with Gasteiger partial charge in [0.2, 0.25) is 0 Å². The fraction of sp³-hybridized carbons (Fsp3) is 0.412. The third-order valence-electron chi connectivity index (χ3n) is 4.30. The summed E-state index contributed by atoms with van der Waals surface area (Å²) in [5, 5.41) is 0.858. The van der Waals surface area contributed by atoms with Crippen LogP contribution in [0.15, 0.2) is 18.2 Å². The van der Waals surface area contributed by atoms with Crippen molar-refractivity contribution in [2.24, 2.45) is 5.41 Å². The predicted molar refractivity (Wildman–Crippen MR) is 91.9 cm³/mol. The Kier molecular flexibility index (Phi) is 3.13. The van der Waals surface area contributed by atoms with Crippen LogP contribution in [0.5, 0.6) is 5.75 Å². The molecule has 0 bridgehead atoms. The van der Waals surface area contributed by atoms with E-state index in [9.17, 15) is 4.79 Å². The summed E-state index contributed by atoms with van der Waals surface area (Å²) < 4.78 is 5.70. The SMILES string of the molecule is CC1(C)CC(=O)c2sc(N3CCOc4ccc(N)cc43)nc2C1. The van der Waals surface area contributed by atoms with E-state index in [2.05, 4.69) is 18.7 Å². The van der Waals surface area contributed by atoms with Gasteiger partial charge in [-0.15, -0.1) is 0 Å². The largest absolute Gasteiger partial charge is 0.490 e. The Balaban J connectivity index is 1.77. The quantitative estimate of drug-likeness (QED) is 0.812. The van der Waals surface area contributed by atoms with Gasteiger partial charge in [0.1, 0.15) is 12.4 Å². The molecule has 23 heavy (non-hydrogen) atoms. The minimum Gasteiger partial charge on any atom is -0.490 e. The zero-order chi connectivity index (χ0) is 16.2. The first-order valence-corrected chi connectivity index (χ1v) is 8.57. The highest BCUT2D eigenvalue weighted by atomic mass is 32.1. The van der Waals surface area contributed by atoms with Gasteiger partial charge in [-0.3, -0.25) is 4.79 Å². The van der Waals surface area contributed by atoms with Crippen molar-refractivity contribution < 1.29 is 9.53 Å². The van der Waals surface area contributed by atoms with Crippen molar-refractivity contribution in [3.63, 3.8) is 0 Å². The number of hydrogen-bond acceptors (Lipinski definition) is 6. The van der Waals surface area contributed by atoms with Crippen LogP contribution in [0.3, 0.4) is 0 Å². The molecule has 0 radical (unpaired) electrons. The first-order chi connectivity index (χ1) is 10.9. The minimum atomic E-state index is -0.0111. The maximum atomic E-state index is 12.4. The third-order valence-corrected chi connectivity index (χ3v) is 5.46. The summed E-state index contributed by atoms with van der Waals surface area (Å²) in [5.74, 6) is 1.02. The molecule has 0 amide bonds. The van der Waals surface area contributed by atoms with Crippen LogP contribution in [0.25, 0.3) is 0 Å². The molecule has 2 heterocycles. The van der Waals surface area contributed by atoms with Gasteiger partial charge in [-0.05, 0) is 30.0 Å². The standard InChI is InChI=1S/C17H19N3O2S/c1-17(2)8-11-15(13(21)9-17)23-16(19-11)20-5-6-22-14-4-3-10(18)7-12(14)20/h3-4,7H,5-6,8-9,18H2,1-2H3. The Labute approximate surface area is 139 Å². The van der Waals surface area contributed by atoms with Gasteiger partial charge in [-0.25, -0.2) is 4.98 Å². The summed E-state index contributed by atoms with van der Waals surface area (Å²) in [6, 6.07) is 5.63. The molecule has 2 aromatic rings. The Morgan fingerprint density at radius 1 is 1.35 bits per heavy atom. The maximum Gasteiger partial charge on any atom is 0.190 e. The molecule has 0 atom stereocenters. The number of aromatic nitrogens is 1. The second kappa shape index (κ2) is 4.96. The zero-order valence-electron chi connectivity index (χ0n) is 13.3. The van der Waals surface area contributed by atoms with E-state index in [1.165, 1.54) is 11.3 Å². The van der Waals surface area contributed by atoms with Crippen LogP contribution in [-0.2, 0) is 6.42 Å². The van der Waals surface area contributed by atoms with E-state index in [0.717, 1.165) is 33.6 Å². The molecule has 0 saturated carbocycles. The Hall–Kier alpha value is -2.08. The second-order valence-electron chi connectivity index (χ2n) is 6.94. The predicted octanol–water partition coefficient (Wildman–Crippen LogP) is 3.41. The Bertz CT molecular complexity index is 797. The molecule has 0 spiro atoms. The van der Waals surface area contributed by atoms with Crippen molar-refractivity contribution in [3.8, 4) is 5.75 Å². The lowest BCUT2D eigenvalue weighted by molar-refractivity contribution is 0.0916. The summed E-state index contributed by atoms with van der Waals surface area (Å²) >= 11 is 1.49. The number of anilines is 3. The highest BCUT2D eigenvalue weighted by Crippen LogP contribution is 2.43. The molecule has 0 fully saturated rings. The number of thiazole rings is 1. The highest BCUT2D eigenvalue weighted by molar-refractivity contribution is 7.17. The molecule has 0 saturated heterocycles. The van der Waals surface area contributed by atoms with Crippen LogP contribution >= 0.6 is 11.3 Å². The molecule has 6 heteroatoms. The molecule has 1 aliphatic carbocycles. The molecular formula is C17H19N3O2S. The fourth-order valence-electron chi connectivity index (χ4n) is 3.26. The number of carbonyl (C=O) groups excluding carboxylic acids is 1. The Morgan fingerprint density at radius 2 is 2.17 bits per heavy atom. The van der Waals surface area contributed by atoms with Crippen molar-refractivity contribution in [3.05, 3.63) is 28.8 Å². The molecule has 4 rings (SSSR count). The maximum absolute atomic E-state index is 12.4.